The zero-order chi connectivity index (χ0) is 16.2. The van der Waals surface area contributed by atoms with E-state index in [-0.39, 0.29) is 10.6 Å². The van der Waals surface area contributed by atoms with E-state index in [0.29, 0.717) is 24.3 Å². The third kappa shape index (κ3) is 4.09. The molecule has 1 aliphatic carbocycles. The smallest absolute Gasteiger partial charge is 0.310 e. The summed E-state index contributed by atoms with van der Waals surface area (Å²) >= 11 is 0. The van der Waals surface area contributed by atoms with Gasteiger partial charge in [-0.3, -0.25) is 4.79 Å². The van der Waals surface area contributed by atoms with Crippen LogP contribution in [0.15, 0.2) is 29.2 Å². The topological polar surface area (TPSA) is 71.4 Å². The van der Waals surface area contributed by atoms with Crippen LogP contribution in [0.3, 0.4) is 0 Å². The standard InChI is InChI=1S/C17H24O4S/c1-2-11-22(20,21)15-9-7-14(8-10-15)16(17(18)19)12-13-5-3-4-6-13/h7-10,13,16H,2-6,11-12H2,1H3,(H,18,19). The van der Waals surface area contributed by atoms with Gasteiger partial charge in [-0.05, 0) is 36.5 Å². The Morgan fingerprint density at radius 2 is 1.82 bits per heavy atom. The minimum atomic E-state index is -3.24. The number of hydrogen-bond acceptors (Lipinski definition) is 3. The van der Waals surface area contributed by atoms with E-state index in [9.17, 15) is 18.3 Å². The van der Waals surface area contributed by atoms with Crippen LogP contribution in [0.5, 0.6) is 0 Å². The van der Waals surface area contributed by atoms with Gasteiger partial charge in [-0.1, -0.05) is 44.7 Å². The molecular weight excluding hydrogens is 300 g/mol. The van der Waals surface area contributed by atoms with Crippen LogP contribution < -0.4 is 0 Å². The molecule has 1 N–H and O–H groups in total. The lowest BCUT2D eigenvalue weighted by atomic mass is 9.88. The Bertz CT molecular complexity index is 598. The Morgan fingerprint density at radius 1 is 1.23 bits per heavy atom. The zero-order valence-electron chi connectivity index (χ0n) is 13.0. The van der Waals surface area contributed by atoms with Crippen molar-refractivity contribution < 1.29 is 18.3 Å². The van der Waals surface area contributed by atoms with Crippen molar-refractivity contribution in [3.8, 4) is 0 Å². The molecule has 5 heteroatoms. The van der Waals surface area contributed by atoms with Crippen molar-refractivity contribution in [2.45, 2.75) is 56.3 Å². The quantitative estimate of drug-likeness (QED) is 0.831. The van der Waals surface area contributed by atoms with E-state index in [1.807, 2.05) is 6.92 Å². The third-order valence-electron chi connectivity index (χ3n) is 4.46. The number of rotatable bonds is 7. The molecule has 0 radical (unpaired) electrons. The fraction of sp³-hybridized carbons (Fsp3) is 0.588. The van der Waals surface area contributed by atoms with Gasteiger partial charge in [0.05, 0.1) is 16.6 Å². The van der Waals surface area contributed by atoms with Gasteiger partial charge in [-0.25, -0.2) is 8.42 Å². The number of aliphatic carboxylic acids is 1. The number of benzene rings is 1. The van der Waals surface area contributed by atoms with Crippen LogP contribution in [0.4, 0.5) is 0 Å². The van der Waals surface area contributed by atoms with Gasteiger partial charge in [-0.15, -0.1) is 0 Å². The fourth-order valence-electron chi connectivity index (χ4n) is 3.25. The van der Waals surface area contributed by atoms with E-state index >= 15 is 0 Å². The predicted octanol–water partition coefficient (Wildman–Crippen LogP) is 3.62. The summed E-state index contributed by atoms with van der Waals surface area (Å²) in [5, 5.41) is 9.48. The average molecular weight is 324 g/mol. The predicted molar refractivity (Wildman–Crippen MR) is 85.7 cm³/mol. The molecule has 1 fully saturated rings. The second-order valence-electron chi connectivity index (χ2n) is 6.16. The van der Waals surface area contributed by atoms with Crippen LogP contribution >= 0.6 is 0 Å². The molecule has 122 valence electrons. The molecule has 1 saturated carbocycles. The number of sulfone groups is 1. The molecule has 2 rings (SSSR count). The van der Waals surface area contributed by atoms with Crippen LogP contribution in [-0.4, -0.2) is 25.2 Å². The molecule has 0 saturated heterocycles. The van der Waals surface area contributed by atoms with Gasteiger partial charge < -0.3 is 5.11 Å². The molecule has 0 aliphatic heterocycles. The molecule has 4 nitrogen and oxygen atoms in total. The molecule has 0 bridgehead atoms. The highest BCUT2D eigenvalue weighted by Crippen LogP contribution is 2.34. The Morgan fingerprint density at radius 3 is 2.32 bits per heavy atom. The summed E-state index contributed by atoms with van der Waals surface area (Å²) < 4.78 is 24.0. The lowest BCUT2D eigenvalue weighted by molar-refractivity contribution is -0.139. The van der Waals surface area contributed by atoms with E-state index in [4.69, 9.17) is 0 Å². The third-order valence-corrected chi connectivity index (χ3v) is 6.39. The molecule has 1 atom stereocenters. The highest BCUT2D eigenvalue weighted by Gasteiger charge is 2.26. The van der Waals surface area contributed by atoms with Crippen molar-refractivity contribution in [2.24, 2.45) is 5.92 Å². The van der Waals surface area contributed by atoms with E-state index in [1.54, 1.807) is 24.3 Å². The van der Waals surface area contributed by atoms with Gasteiger partial charge in [0.25, 0.3) is 0 Å². The minimum absolute atomic E-state index is 0.122. The number of carboxylic acid groups (broad SMARTS) is 1. The van der Waals surface area contributed by atoms with Gasteiger partial charge in [0.2, 0.25) is 0 Å². The van der Waals surface area contributed by atoms with Gasteiger partial charge in [0.15, 0.2) is 9.84 Å². The normalized spacial score (nSPS) is 17.5. The first kappa shape index (κ1) is 17.0. The Balaban J connectivity index is 2.17. The summed E-state index contributed by atoms with van der Waals surface area (Å²) in [6.07, 6.45) is 5.80. The lowest BCUT2D eigenvalue weighted by Gasteiger charge is -2.17. The van der Waals surface area contributed by atoms with E-state index < -0.39 is 21.7 Å². The van der Waals surface area contributed by atoms with E-state index in [0.717, 1.165) is 12.8 Å². The van der Waals surface area contributed by atoms with Crippen LogP contribution in [0.1, 0.15) is 56.9 Å². The summed E-state index contributed by atoms with van der Waals surface area (Å²) in [5.74, 6) is -0.761. The molecule has 1 aromatic carbocycles. The van der Waals surface area contributed by atoms with Crippen molar-refractivity contribution in [3.05, 3.63) is 29.8 Å². The number of carboxylic acids is 1. The van der Waals surface area contributed by atoms with Crippen LogP contribution in [0.2, 0.25) is 0 Å². The molecule has 0 aromatic heterocycles. The van der Waals surface area contributed by atoms with Gasteiger partial charge in [0.1, 0.15) is 0 Å². The Hall–Kier alpha value is -1.36. The maximum atomic E-state index is 12.0. The zero-order valence-corrected chi connectivity index (χ0v) is 13.8. The van der Waals surface area contributed by atoms with Crippen molar-refractivity contribution in [1.82, 2.24) is 0 Å². The van der Waals surface area contributed by atoms with Gasteiger partial charge >= 0.3 is 5.97 Å². The second kappa shape index (κ2) is 7.27. The maximum Gasteiger partial charge on any atom is 0.310 e. The molecule has 1 unspecified atom stereocenters. The van der Waals surface area contributed by atoms with Gasteiger partial charge in [-0.2, -0.15) is 0 Å². The first-order chi connectivity index (χ1) is 10.4. The monoisotopic (exact) mass is 324 g/mol. The molecule has 0 amide bonds. The van der Waals surface area contributed by atoms with Crippen LogP contribution in [-0.2, 0) is 14.6 Å². The lowest BCUT2D eigenvalue weighted by Crippen LogP contribution is -2.15. The molecule has 0 spiro atoms. The fourth-order valence-corrected chi connectivity index (χ4v) is 4.58. The Kier molecular flexibility index (Phi) is 5.62. The van der Waals surface area contributed by atoms with Gasteiger partial charge in [0, 0.05) is 0 Å². The first-order valence-corrected chi connectivity index (χ1v) is 9.64. The largest absolute Gasteiger partial charge is 0.481 e. The van der Waals surface area contributed by atoms with Crippen LogP contribution in [0.25, 0.3) is 0 Å². The van der Waals surface area contributed by atoms with Crippen molar-refractivity contribution >= 4 is 15.8 Å². The average Bonchev–Trinajstić information content (AvgIpc) is 2.97. The summed E-state index contributed by atoms with van der Waals surface area (Å²) in [5.41, 5.74) is 0.704. The van der Waals surface area contributed by atoms with Crippen molar-refractivity contribution in [1.29, 1.82) is 0 Å². The molecular formula is C17H24O4S. The second-order valence-corrected chi connectivity index (χ2v) is 8.27. The summed E-state index contributed by atoms with van der Waals surface area (Å²) in [6.45, 7) is 1.83. The highest BCUT2D eigenvalue weighted by molar-refractivity contribution is 7.91. The Labute approximate surface area is 132 Å². The van der Waals surface area contributed by atoms with Crippen molar-refractivity contribution in [3.63, 3.8) is 0 Å². The summed E-state index contributed by atoms with van der Waals surface area (Å²) in [4.78, 5) is 11.8. The van der Waals surface area contributed by atoms with Crippen molar-refractivity contribution in [2.75, 3.05) is 5.75 Å². The first-order valence-electron chi connectivity index (χ1n) is 7.99. The maximum absolute atomic E-state index is 12.0. The molecule has 0 heterocycles. The molecule has 22 heavy (non-hydrogen) atoms. The minimum Gasteiger partial charge on any atom is -0.481 e. The van der Waals surface area contributed by atoms with E-state index in [1.165, 1.54) is 12.8 Å². The summed E-state index contributed by atoms with van der Waals surface area (Å²) in [6, 6.07) is 6.42. The SMILES string of the molecule is CCCS(=O)(=O)c1ccc(C(CC2CCCC2)C(=O)O)cc1. The van der Waals surface area contributed by atoms with E-state index in [2.05, 4.69) is 0 Å². The highest BCUT2D eigenvalue weighted by atomic mass is 32.2. The summed E-state index contributed by atoms with van der Waals surface area (Å²) in [7, 11) is -3.24. The molecule has 1 aliphatic rings. The number of carbonyl (C=O) groups is 1. The molecule has 1 aromatic rings. The van der Waals surface area contributed by atoms with Crippen LogP contribution in [0, 0.1) is 5.92 Å². The number of hydrogen-bond donors (Lipinski definition) is 1.